The van der Waals surface area contributed by atoms with Gasteiger partial charge in [0, 0.05) is 41.2 Å². The highest BCUT2D eigenvalue weighted by atomic mass is 16.6. The van der Waals surface area contributed by atoms with Gasteiger partial charge >= 0.3 is 0 Å². The second kappa shape index (κ2) is 8.89. The Labute approximate surface area is 168 Å². The molecule has 0 N–H and O–H groups in total. The molecular formula is C24H19NO4. The number of allylic oxidation sites excluding steroid dienone is 1. The first-order chi connectivity index (χ1) is 14.0. The molecule has 0 aliphatic carbocycles. The summed E-state index contributed by atoms with van der Waals surface area (Å²) in [7, 11) is 0. The van der Waals surface area contributed by atoms with Crippen LogP contribution < -0.4 is 0 Å². The van der Waals surface area contributed by atoms with Crippen LogP contribution in [0.3, 0.4) is 0 Å². The Morgan fingerprint density at radius 3 is 1.86 bits per heavy atom. The lowest BCUT2D eigenvalue weighted by molar-refractivity contribution is -0.384. The number of carbonyl (C=O) groups excluding carboxylic acids is 2. The zero-order chi connectivity index (χ0) is 20.8. The van der Waals surface area contributed by atoms with Crippen LogP contribution >= 0.6 is 0 Å². The molecule has 3 aromatic rings. The van der Waals surface area contributed by atoms with Gasteiger partial charge in [0.2, 0.25) is 0 Å². The van der Waals surface area contributed by atoms with Crippen LogP contribution in [0.15, 0.2) is 97.1 Å². The van der Waals surface area contributed by atoms with E-state index < -0.39 is 10.8 Å². The molecule has 5 heteroatoms. The molecule has 144 valence electrons. The van der Waals surface area contributed by atoms with Gasteiger partial charge in [0.05, 0.1) is 4.92 Å². The fourth-order valence-corrected chi connectivity index (χ4v) is 3.13. The van der Waals surface area contributed by atoms with Crippen molar-refractivity contribution in [3.05, 3.63) is 124 Å². The van der Waals surface area contributed by atoms with Crippen LogP contribution in [0.5, 0.6) is 0 Å². The number of non-ortho nitro benzene ring substituents is 1. The average molecular weight is 385 g/mol. The van der Waals surface area contributed by atoms with Gasteiger partial charge in [-0.1, -0.05) is 79.4 Å². The first kappa shape index (κ1) is 19.9. The van der Waals surface area contributed by atoms with Crippen LogP contribution in [-0.4, -0.2) is 16.5 Å². The number of nitro groups is 1. The van der Waals surface area contributed by atoms with Crippen molar-refractivity contribution in [1.82, 2.24) is 0 Å². The molecule has 0 aliphatic heterocycles. The van der Waals surface area contributed by atoms with E-state index in [9.17, 15) is 19.7 Å². The molecule has 0 radical (unpaired) electrons. The van der Waals surface area contributed by atoms with Crippen LogP contribution in [0.4, 0.5) is 5.69 Å². The molecule has 29 heavy (non-hydrogen) atoms. The third-order valence-corrected chi connectivity index (χ3v) is 4.74. The van der Waals surface area contributed by atoms with Gasteiger partial charge in [0.25, 0.3) is 5.69 Å². The monoisotopic (exact) mass is 385 g/mol. The molecule has 0 heterocycles. The normalized spacial score (nSPS) is 11.4. The van der Waals surface area contributed by atoms with E-state index in [1.54, 1.807) is 60.7 Å². The number of carbonyl (C=O) groups is 2. The summed E-state index contributed by atoms with van der Waals surface area (Å²) >= 11 is 0. The molecule has 0 saturated heterocycles. The lowest BCUT2D eigenvalue weighted by atomic mass is 9.83. The van der Waals surface area contributed by atoms with Gasteiger partial charge in [0.1, 0.15) is 0 Å². The Morgan fingerprint density at radius 2 is 1.34 bits per heavy atom. The second-order valence-corrected chi connectivity index (χ2v) is 6.61. The number of nitrogens with zero attached hydrogens (tertiary/aromatic N) is 1. The molecule has 5 nitrogen and oxygen atoms in total. The van der Waals surface area contributed by atoms with Crippen LogP contribution in [0.2, 0.25) is 0 Å². The van der Waals surface area contributed by atoms with Crippen molar-refractivity contribution in [3.8, 4) is 0 Å². The van der Waals surface area contributed by atoms with Gasteiger partial charge in [0.15, 0.2) is 11.6 Å². The summed E-state index contributed by atoms with van der Waals surface area (Å²) in [6.07, 6.45) is 0.0409. The van der Waals surface area contributed by atoms with Gasteiger partial charge < -0.3 is 0 Å². The molecule has 1 unspecified atom stereocenters. The minimum Gasteiger partial charge on any atom is -0.294 e. The van der Waals surface area contributed by atoms with E-state index in [1.807, 2.05) is 12.1 Å². The number of ketones is 2. The van der Waals surface area contributed by atoms with Gasteiger partial charge in [-0.15, -0.1) is 0 Å². The maximum Gasteiger partial charge on any atom is 0.269 e. The summed E-state index contributed by atoms with van der Waals surface area (Å²) in [6, 6.07) is 23.4. The Bertz CT molecular complexity index is 1040. The van der Waals surface area contributed by atoms with E-state index in [4.69, 9.17) is 0 Å². The first-order valence-electron chi connectivity index (χ1n) is 9.08. The van der Waals surface area contributed by atoms with E-state index >= 15 is 0 Å². The van der Waals surface area contributed by atoms with Gasteiger partial charge in [-0.3, -0.25) is 19.7 Å². The SMILES string of the molecule is C=C(C(=O)c1ccccc1)C(CC(=O)c1ccccc1)c1ccc([N+](=O)[O-])cc1. The molecule has 0 fully saturated rings. The summed E-state index contributed by atoms with van der Waals surface area (Å²) in [6.45, 7) is 3.98. The topological polar surface area (TPSA) is 77.3 Å². The van der Waals surface area contributed by atoms with Crippen molar-refractivity contribution in [1.29, 1.82) is 0 Å². The lowest BCUT2D eigenvalue weighted by Crippen LogP contribution is -2.15. The molecule has 0 aromatic heterocycles. The molecule has 0 amide bonds. The van der Waals surface area contributed by atoms with Crippen LogP contribution in [-0.2, 0) is 0 Å². The highest BCUT2D eigenvalue weighted by Gasteiger charge is 2.25. The first-order valence-corrected chi connectivity index (χ1v) is 9.08. The van der Waals surface area contributed by atoms with Crippen molar-refractivity contribution >= 4 is 17.3 Å². The van der Waals surface area contributed by atoms with Gasteiger partial charge in [-0.25, -0.2) is 0 Å². The average Bonchev–Trinajstić information content (AvgIpc) is 2.77. The molecular weight excluding hydrogens is 366 g/mol. The second-order valence-electron chi connectivity index (χ2n) is 6.61. The Kier molecular flexibility index (Phi) is 6.09. The largest absolute Gasteiger partial charge is 0.294 e. The van der Waals surface area contributed by atoms with Crippen molar-refractivity contribution in [2.75, 3.05) is 0 Å². The molecule has 0 saturated carbocycles. The van der Waals surface area contributed by atoms with E-state index in [0.717, 1.165) is 0 Å². The Hall–Kier alpha value is -3.86. The van der Waals surface area contributed by atoms with Crippen LogP contribution in [0.25, 0.3) is 0 Å². The highest BCUT2D eigenvalue weighted by Crippen LogP contribution is 2.31. The number of hydrogen-bond donors (Lipinski definition) is 0. The standard InChI is InChI=1S/C24H19NO4/c1-17(24(27)20-10-6-3-7-11-20)22(16-23(26)19-8-4-2-5-9-19)18-12-14-21(15-13-18)25(28)29/h2-15,22H,1,16H2. The van der Waals surface area contributed by atoms with Crippen molar-refractivity contribution in [2.24, 2.45) is 0 Å². The van der Waals surface area contributed by atoms with Crippen molar-refractivity contribution < 1.29 is 14.5 Å². The molecule has 1 atom stereocenters. The number of benzene rings is 3. The quantitative estimate of drug-likeness (QED) is 0.225. The van der Waals surface area contributed by atoms with Crippen molar-refractivity contribution in [3.63, 3.8) is 0 Å². The number of rotatable bonds is 8. The summed E-state index contributed by atoms with van der Waals surface area (Å²) in [4.78, 5) is 36.2. The summed E-state index contributed by atoms with van der Waals surface area (Å²) < 4.78 is 0. The third kappa shape index (κ3) is 4.71. The molecule has 0 bridgehead atoms. The van der Waals surface area contributed by atoms with E-state index in [1.165, 1.54) is 12.1 Å². The lowest BCUT2D eigenvalue weighted by Gasteiger charge is -2.19. The van der Waals surface area contributed by atoms with Crippen molar-refractivity contribution in [2.45, 2.75) is 12.3 Å². The number of Topliss-reactive ketones (excluding diaryl/α,β-unsaturated/α-hetero) is 2. The number of nitro benzene ring substituents is 1. The summed E-state index contributed by atoms with van der Waals surface area (Å²) in [5, 5.41) is 11.0. The Morgan fingerprint density at radius 1 is 0.828 bits per heavy atom. The molecule has 0 spiro atoms. The molecule has 3 rings (SSSR count). The van der Waals surface area contributed by atoms with E-state index in [0.29, 0.717) is 16.7 Å². The zero-order valence-electron chi connectivity index (χ0n) is 15.7. The van der Waals surface area contributed by atoms with Gasteiger partial charge in [-0.2, -0.15) is 0 Å². The van der Waals surface area contributed by atoms with E-state index in [2.05, 4.69) is 6.58 Å². The van der Waals surface area contributed by atoms with Crippen LogP contribution in [0, 0.1) is 10.1 Å². The predicted molar refractivity (Wildman–Crippen MR) is 111 cm³/mol. The fraction of sp³-hybridized carbons (Fsp3) is 0.0833. The summed E-state index contributed by atoms with van der Waals surface area (Å²) in [5.74, 6) is -0.970. The smallest absolute Gasteiger partial charge is 0.269 e. The number of hydrogen-bond acceptors (Lipinski definition) is 4. The minimum atomic E-state index is -0.587. The Balaban J connectivity index is 1.94. The van der Waals surface area contributed by atoms with Crippen LogP contribution in [0.1, 0.15) is 38.6 Å². The van der Waals surface area contributed by atoms with E-state index in [-0.39, 0.29) is 29.2 Å². The molecule has 3 aromatic carbocycles. The maximum absolute atomic E-state index is 12.9. The summed E-state index contributed by atoms with van der Waals surface area (Å²) in [5.41, 5.74) is 1.88. The fourth-order valence-electron chi connectivity index (χ4n) is 3.13. The van der Waals surface area contributed by atoms with Gasteiger partial charge in [-0.05, 0) is 5.56 Å². The zero-order valence-corrected chi connectivity index (χ0v) is 15.7. The maximum atomic E-state index is 12.9. The predicted octanol–water partition coefficient (Wildman–Crippen LogP) is 5.39. The molecule has 0 aliphatic rings. The highest BCUT2D eigenvalue weighted by molar-refractivity contribution is 6.10. The minimum absolute atomic E-state index is 0.0409. The third-order valence-electron chi connectivity index (χ3n) is 4.74.